The molecule has 2 saturated heterocycles. The smallest absolute Gasteiger partial charge is 0.293 e. The fourth-order valence-corrected chi connectivity index (χ4v) is 4.46. The van der Waals surface area contributed by atoms with Gasteiger partial charge in [0.25, 0.3) is 11.6 Å². The highest BCUT2D eigenvalue weighted by atomic mass is 16.6. The van der Waals surface area contributed by atoms with Gasteiger partial charge in [-0.05, 0) is 49.9 Å². The number of hydrogen-bond donors (Lipinski definition) is 1. The molecule has 1 N–H and O–H groups in total. The Morgan fingerprint density at radius 2 is 1.83 bits per heavy atom. The van der Waals surface area contributed by atoms with Gasteiger partial charge >= 0.3 is 0 Å². The lowest BCUT2D eigenvalue weighted by Crippen LogP contribution is -2.47. The fourth-order valence-electron chi connectivity index (χ4n) is 4.46. The first-order valence-corrected chi connectivity index (χ1v) is 10.7. The van der Waals surface area contributed by atoms with Crippen molar-refractivity contribution in [2.24, 2.45) is 0 Å². The molecule has 2 aromatic rings. The van der Waals surface area contributed by atoms with Crippen molar-refractivity contribution in [3.63, 3.8) is 0 Å². The molecular weight excluding hydrogens is 380 g/mol. The SMILES string of the molecule is O=C(NC1CCCN(Cc2ccccc2)C1)c1ccc(N2CCCC2)c([N+](=O)[O-])c1. The zero-order chi connectivity index (χ0) is 20.9. The molecule has 0 radical (unpaired) electrons. The lowest BCUT2D eigenvalue weighted by Gasteiger charge is -2.33. The maximum absolute atomic E-state index is 12.8. The molecule has 0 bridgehead atoms. The monoisotopic (exact) mass is 408 g/mol. The third kappa shape index (κ3) is 4.79. The highest BCUT2D eigenvalue weighted by molar-refractivity contribution is 5.96. The molecule has 0 aliphatic carbocycles. The maximum Gasteiger partial charge on any atom is 0.293 e. The minimum atomic E-state index is -0.382. The second kappa shape index (κ2) is 9.26. The van der Waals surface area contributed by atoms with Crippen molar-refractivity contribution in [3.8, 4) is 0 Å². The van der Waals surface area contributed by atoms with Crippen LogP contribution in [0, 0.1) is 10.1 Å². The Bertz CT molecular complexity index is 897. The molecule has 1 unspecified atom stereocenters. The molecule has 2 aromatic carbocycles. The van der Waals surface area contributed by atoms with E-state index in [-0.39, 0.29) is 22.6 Å². The van der Waals surface area contributed by atoms with Crippen LogP contribution in [0.25, 0.3) is 0 Å². The first-order chi connectivity index (χ1) is 14.6. The Labute approximate surface area is 176 Å². The van der Waals surface area contributed by atoms with E-state index in [0.29, 0.717) is 11.3 Å². The minimum Gasteiger partial charge on any atom is -0.366 e. The van der Waals surface area contributed by atoms with E-state index >= 15 is 0 Å². The van der Waals surface area contributed by atoms with Crippen LogP contribution >= 0.6 is 0 Å². The third-order valence-electron chi connectivity index (χ3n) is 5.97. The van der Waals surface area contributed by atoms with Gasteiger partial charge in [0.2, 0.25) is 0 Å². The van der Waals surface area contributed by atoms with Crippen molar-refractivity contribution in [1.29, 1.82) is 0 Å². The summed E-state index contributed by atoms with van der Waals surface area (Å²) in [6, 6.07) is 15.2. The van der Waals surface area contributed by atoms with Crippen LogP contribution in [0.2, 0.25) is 0 Å². The predicted octanol–water partition coefficient (Wildman–Crippen LogP) is 3.59. The van der Waals surface area contributed by atoms with Crippen molar-refractivity contribution in [2.75, 3.05) is 31.1 Å². The molecule has 4 rings (SSSR count). The Morgan fingerprint density at radius 3 is 2.57 bits per heavy atom. The van der Waals surface area contributed by atoms with E-state index < -0.39 is 0 Å². The molecule has 2 fully saturated rings. The quantitative estimate of drug-likeness (QED) is 0.584. The number of anilines is 1. The normalized spacial score (nSPS) is 19.6. The Morgan fingerprint density at radius 1 is 1.07 bits per heavy atom. The number of carbonyl (C=O) groups is 1. The second-order valence-electron chi connectivity index (χ2n) is 8.19. The number of nitro benzene ring substituents is 1. The summed E-state index contributed by atoms with van der Waals surface area (Å²) in [6.07, 6.45) is 4.03. The fraction of sp³-hybridized carbons (Fsp3) is 0.435. The van der Waals surface area contributed by atoms with E-state index in [2.05, 4.69) is 22.3 Å². The van der Waals surface area contributed by atoms with Crippen molar-refractivity contribution in [3.05, 3.63) is 69.8 Å². The Kier molecular flexibility index (Phi) is 6.28. The number of likely N-dealkylation sites (tertiary alicyclic amines) is 1. The van der Waals surface area contributed by atoms with Crippen LogP contribution < -0.4 is 10.2 Å². The van der Waals surface area contributed by atoms with Crippen LogP contribution in [-0.2, 0) is 6.54 Å². The molecule has 7 heteroatoms. The molecule has 30 heavy (non-hydrogen) atoms. The van der Waals surface area contributed by atoms with E-state index in [1.165, 1.54) is 11.6 Å². The average molecular weight is 409 g/mol. The average Bonchev–Trinajstić information content (AvgIpc) is 3.29. The number of nitrogens with zero attached hydrogens (tertiary/aromatic N) is 3. The van der Waals surface area contributed by atoms with Gasteiger partial charge in [0, 0.05) is 43.9 Å². The summed E-state index contributed by atoms with van der Waals surface area (Å²) in [7, 11) is 0. The zero-order valence-corrected chi connectivity index (χ0v) is 17.1. The molecule has 2 aliphatic rings. The number of amides is 1. The number of rotatable bonds is 6. The number of benzene rings is 2. The van der Waals surface area contributed by atoms with Crippen molar-refractivity contribution >= 4 is 17.3 Å². The Balaban J connectivity index is 1.41. The molecule has 1 amide bonds. The highest BCUT2D eigenvalue weighted by Crippen LogP contribution is 2.31. The molecule has 7 nitrogen and oxygen atoms in total. The maximum atomic E-state index is 12.8. The molecule has 0 saturated carbocycles. The number of piperidine rings is 1. The first kappa shape index (κ1) is 20.3. The summed E-state index contributed by atoms with van der Waals surface area (Å²) in [5.74, 6) is -0.238. The van der Waals surface area contributed by atoms with E-state index in [4.69, 9.17) is 0 Å². The molecular formula is C23H28N4O3. The van der Waals surface area contributed by atoms with Crippen LogP contribution in [0.1, 0.15) is 41.6 Å². The highest BCUT2D eigenvalue weighted by Gasteiger charge is 2.26. The van der Waals surface area contributed by atoms with Gasteiger partial charge < -0.3 is 10.2 Å². The number of hydrogen-bond acceptors (Lipinski definition) is 5. The summed E-state index contributed by atoms with van der Waals surface area (Å²) in [5.41, 5.74) is 2.24. The lowest BCUT2D eigenvalue weighted by atomic mass is 10.0. The topological polar surface area (TPSA) is 78.7 Å². The lowest BCUT2D eigenvalue weighted by molar-refractivity contribution is -0.384. The standard InChI is InChI=1S/C23H28N4O3/c28-23(19-10-11-21(22(15-19)27(29)30)26-13-4-5-14-26)24-20-9-6-12-25(17-20)16-18-7-2-1-3-8-18/h1-3,7-8,10-11,15,20H,4-6,9,12-14,16-17H2,(H,24,28). The van der Waals surface area contributed by atoms with E-state index in [1.807, 2.05) is 23.1 Å². The van der Waals surface area contributed by atoms with Crippen LogP contribution in [-0.4, -0.2) is 48.0 Å². The van der Waals surface area contributed by atoms with Gasteiger partial charge in [-0.15, -0.1) is 0 Å². The molecule has 1 atom stereocenters. The van der Waals surface area contributed by atoms with Gasteiger partial charge in [-0.3, -0.25) is 19.8 Å². The van der Waals surface area contributed by atoms with Gasteiger partial charge in [-0.2, -0.15) is 0 Å². The summed E-state index contributed by atoms with van der Waals surface area (Å²) in [6.45, 7) is 4.31. The number of nitro groups is 1. The van der Waals surface area contributed by atoms with E-state index in [1.54, 1.807) is 12.1 Å². The first-order valence-electron chi connectivity index (χ1n) is 10.7. The van der Waals surface area contributed by atoms with Crippen LogP contribution in [0.15, 0.2) is 48.5 Å². The van der Waals surface area contributed by atoms with Gasteiger partial charge in [-0.1, -0.05) is 30.3 Å². The molecule has 0 spiro atoms. The van der Waals surface area contributed by atoms with Crippen LogP contribution in [0.5, 0.6) is 0 Å². The second-order valence-corrected chi connectivity index (χ2v) is 8.19. The molecule has 2 aliphatic heterocycles. The van der Waals surface area contributed by atoms with Gasteiger partial charge in [-0.25, -0.2) is 0 Å². The summed E-state index contributed by atoms with van der Waals surface area (Å²) in [4.78, 5) is 28.4. The molecule has 2 heterocycles. The molecule has 158 valence electrons. The molecule has 0 aromatic heterocycles. The van der Waals surface area contributed by atoms with Gasteiger partial charge in [0.1, 0.15) is 5.69 Å². The van der Waals surface area contributed by atoms with Crippen LogP contribution in [0.4, 0.5) is 11.4 Å². The van der Waals surface area contributed by atoms with Gasteiger partial charge in [0.15, 0.2) is 0 Å². The summed E-state index contributed by atoms with van der Waals surface area (Å²) >= 11 is 0. The van der Waals surface area contributed by atoms with Gasteiger partial charge in [0.05, 0.1) is 4.92 Å². The zero-order valence-electron chi connectivity index (χ0n) is 17.1. The number of carbonyl (C=O) groups excluding carboxylic acids is 1. The van der Waals surface area contributed by atoms with E-state index in [0.717, 1.165) is 58.4 Å². The van der Waals surface area contributed by atoms with Crippen molar-refractivity contribution in [1.82, 2.24) is 10.2 Å². The summed E-state index contributed by atoms with van der Waals surface area (Å²) in [5, 5.41) is 14.7. The van der Waals surface area contributed by atoms with Crippen molar-refractivity contribution < 1.29 is 9.72 Å². The largest absolute Gasteiger partial charge is 0.366 e. The summed E-state index contributed by atoms with van der Waals surface area (Å²) < 4.78 is 0. The third-order valence-corrected chi connectivity index (χ3v) is 5.97. The number of nitrogens with one attached hydrogen (secondary N) is 1. The minimum absolute atomic E-state index is 0.0129. The predicted molar refractivity (Wildman–Crippen MR) is 117 cm³/mol. The van der Waals surface area contributed by atoms with Crippen molar-refractivity contribution in [2.45, 2.75) is 38.3 Å². The Hall–Kier alpha value is -2.93. The van der Waals surface area contributed by atoms with Crippen LogP contribution in [0.3, 0.4) is 0 Å². The van der Waals surface area contributed by atoms with E-state index in [9.17, 15) is 14.9 Å².